The number of rotatable bonds is 7. The first kappa shape index (κ1) is 21.9. The number of benzene rings is 2. The van der Waals surface area contributed by atoms with Crippen LogP contribution in [0.1, 0.15) is 12.5 Å². The third-order valence-corrected chi connectivity index (χ3v) is 5.28. The summed E-state index contributed by atoms with van der Waals surface area (Å²) >= 11 is 13.0. The molecule has 0 spiro atoms. The highest BCUT2D eigenvalue weighted by Gasteiger charge is 2.13. The van der Waals surface area contributed by atoms with Crippen molar-refractivity contribution in [3.05, 3.63) is 63.9 Å². The quantitative estimate of drug-likeness (QED) is 0.209. The number of hydrazone groups is 1. The number of nitrogen functional groups attached to an aromatic ring is 1. The average molecular weight is 468 g/mol. The summed E-state index contributed by atoms with van der Waals surface area (Å²) in [4.78, 5) is 12.2. The first-order valence-electron chi connectivity index (χ1n) is 8.48. The predicted molar refractivity (Wildman–Crippen MR) is 118 cm³/mol. The number of carbonyl (C=O) groups excluding carboxylic acids is 1. The first-order chi connectivity index (χ1) is 14.3. The van der Waals surface area contributed by atoms with E-state index in [-0.39, 0.29) is 23.4 Å². The van der Waals surface area contributed by atoms with Crippen molar-refractivity contribution in [2.24, 2.45) is 5.10 Å². The third-order valence-electron chi connectivity index (χ3n) is 3.79. The van der Waals surface area contributed by atoms with Crippen LogP contribution >= 0.6 is 35.0 Å². The van der Waals surface area contributed by atoms with Gasteiger partial charge in [0, 0.05) is 5.02 Å². The Bertz CT molecular complexity index is 1090. The second-order valence-electron chi connectivity index (χ2n) is 5.95. The molecule has 0 aliphatic heterocycles. The number of amides is 1. The monoisotopic (exact) mass is 467 g/mol. The zero-order valence-corrected chi connectivity index (χ0v) is 17.9. The fourth-order valence-corrected chi connectivity index (χ4v) is 3.36. The van der Waals surface area contributed by atoms with E-state index >= 15 is 0 Å². The highest BCUT2D eigenvalue weighted by atomic mass is 35.5. The van der Waals surface area contributed by atoms with E-state index in [0.29, 0.717) is 26.6 Å². The van der Waals surface area contributed by atoms with Gasteiger partial charge in [0.15, 0.2) is 0 Å². The van der Waals surface area contributed by atoms with Gasteiger partial charge in [-0.3, -0.25) is 4.79 Å². The molecule has 1 amide bonds. The zero-order valence-electron chi connectivity index (χ0n) is 15.6. The Balaban J connectivity index is 1.57. The van der Waals surface area contributed by atoms with Gasteiger partial charge in [-0.1, -0.05) is 47.1 Å². The molecule has 0 radical (unpaired) electrons. The molecule has 0 unspecified atom stereocenters. The minimum absolute atomic E-state index is 0.0339. The number of aromatic nitrogens is 3. The molecule has 0 fully saturated rings. The van der Waals surface area contributed by atoms with E-state index in [4.69, 9.17) is 29.0 Å². The van der Waals surface area contributed by atoms with Crippen LogP contribution in [0.25, 0.3) is 0 Å². The molecule has 0 saturated carbocycles. The lowest BCUT2D eigenvalue weighted by Gasteiger charge is -2.07. The van der Waals surface area contributed by atoms with Crippen molar-refractivity contribution < 1.29 is 9.18 Å². The maximum Gasteiger partial charge on any atom is 0.264 e. The number of anilines is 2. The van der Waals surface area contributed by atoms with Gasteiger partial charge in [-0.05, 0) is 42.8 Å². The van der Waals surface area contributed by atoms with Crippen LogP contribution < -0.4 is 16.6 Å². The van der Waals surface area contributed by atoms with Crippen molar-refractivity contribution in [3.63, 3.8) is 0 Å². The van der Waals surface area contributed by atoms with Crippen molar-refractivity contribution >= 4 is 58.2 Å². The van der Waals surface area contributed by atoms with E-state index in [1.165, 1.54) is 22.9 Å². The maximum absolute atomic E-state index is 13.0. The molecular weight excluding hydrogens is 452 g/mol. The molecule has 1 aromatic heterocycles. The second-order valence-corrected chi connectivity index (χ2v) is 7.74. The fourth-order valence-electron chi connectivity index (χ4n) is 2.25. The molecule has 0 bridgehead atoms. The Kier molecular flexibility index (Phi) is 7.14. The van der Waals surface area contributed by atoms with Crippen LogP contribution in [0.5, 0.6) is 0 Å². The molecular formula is C18H16Cl2FN7OS. The fraction of sp³-hybridized carbons (Fsp3) is 0.111. The third kappa shape index (κ3) is 5.62. The number of halogens is 3. The molecule has 12 heteroatoms. The van der Waals surface area contributed by atoms with E-state index in [9.17, 15) is 9.18 Å². The lowest BCUT2D eigenvalue weighted by molar-refractivity contribution is -0.113. The van der Waals surface area contributed by atoms with Crippen molar-refractivity contribution in [1.29, 1.82) is 0 Å². The molecule has 0 saturated heterocycles. The van der Waals surface area contributed by atoms with E-state index in [1.807, 2.05) is 0 Å². The van der Waals surface area contributed by atoms with E-state index in [2.05, 4.69) is 26.0 Å². The topological polar surface area (TPSA) is 110 Å². The maximum atomic E-state index is 13.0. The lowest BCUT2D eigenvalue weighted by Crippen LogP contribution is -2.17. The van der Waals surface area contributed by atoms with Crippen LogP contribution in [0.15, 0.2) is 52.7 Å². The van der Waals surface area contributed by atoms with Crippen LogP contribution in [0.4, 0.5) is 16.0 Å². The van der Waals surface area contributed by atoms with E-state index in [1.54, 1.807) is 31.2 Å². The van der Waals surface area contributed by atoms with Gasteiger partial charge in [0.2, 0.25) is 11.1 Å². The Hall–Kier alpha value is -2.82. The number of carbonyl (C=O) groups is 1. The van der Waals surface area contributed by atoms with Crippen molar-refractivity contribution in [2.45, 2.75) is 12.1 Å². The molecule has 0 aliphatic rings. The van der Waals surface area contributed by atoms with Crippen LogP contribution in [-0.2, 0) is 4.79 Å². The molecule has 4 N–H and O–H groups in total. The molecule has 8 nitrogen and oxygen atoms in total. The zero-order chi connectivity index (χ0) is 21.7. The Labute approximate surface area is 185 Å². The van der Waals surface area contributed by atoms with Crippen LogP contribution in [-0.4, -0.2) is 32.2 Å². The Morgan fingerprint density at radius 1 is 1.23 bits per heavy atom. The summed E-state index contributed by atoms with van der Waals surface area (Å²) < 4.78 is 14.2. The molecule has 0 aliphatic carbocycles. The van der Waals surface area contributed by atoms with Gasteiger partial charge in [0.05, 0.1) is 22.2 Å². The molecule has 1 heterocycles. The second kappa shape index (κ2) is 9.79. The van der Waals surface area contributed by atoms with Crippen LogP contribution in [0.3, 0.4) is 0 Å². The van der Waals surface area contributed by atoms with Gasteiger partial charge in [-0.25, -0.2) is 14.5 Å². The van der Waals surface area contributed by atoms with Gasteiger partial charge < -0.3 is 11.2 Å². The van der Waals surface area contributed by atoms with Crippen LogP contribution in [0, 0.1) is 5.82 Å². The van der Waals surface area contributed by atoms with E-state index < -0.39 is 0 Å². The van der Waals surface area contributed by atoms with Gasteiger partial charge in [0.1, 0.15) is 5.82 Å². The summed E-state index contributed by atoms with van der Waals surface area (Å²) in [5.41, 5.74) is 4.49. The van der Waals surface area contributed by atoms with Gasteiger partial charge >= 0.3 is 0 Å². The first-order valence-corrected chi connectivity index (χ1v) is 10.2. The Morgan fingerprint density at radius 2 is 1.97 bits per heavy atom. The summed E-state index contributed by atoms with van der Waals surface area (Å²) in [6.07, 6.45) is 0. The molecule has 156 valence electrons. The smallest absolute Gasteiger partial charge is 0.264 e. The van der Waals surface area contributed by atoms with Gasteiger partial charge in [-0.2, -0.15) is 5.10 Å². The highest BCUT2D eigenvalue weighted by Crippen LogP contribution is 2.26. The molecule has 3 aromatic rings. The number of hydrogen-bond acceptors (Lipinski definition) is 7. The minimum Gasteiger partial charge on any atom is -0.334 e. The molecule has 2 aromatic carbocycles. The SMILES string of the molecule is C/C(=N\Nc1nnc(SCC(=O)Nc2ccc(Cl)cc2Cl)n1N)c1ccc(F)cc1. The molecule has 0 atom stereocenters. The largest absolute Gasteiger partial charge is 0.334 e. The molecule has 30 heavy (non-hydrogen) atoms. The standard InChI is InChI=1S/C18H16Cl2FN7OS/c1-10(11-2-5-13(21)6-3-11)24-25-17-26-27-18(28(17)22)30-9-16(29)23-15-7-4-12(19)8-14(15)20/h2-8H,9,22H2,1H3,(H,23,29)(H,25,26)/b24-10+. The average Bonchev–Trinajstić information content (AvgIpc) is 3.07. The summed E-state index contributed by atoms with van der Waals surface area (Å²) in [5.74, 6) is 5.54. The normalized spacial score (nSPS) is 11.4. The van der Waals surface area contributed by atoms with Gasteiger partial charge in [-0.15, -0.1) is 10.2 Å². The summed E-state index contributed by atoms with van der Waals surface area (Å²) in [7, 11) is 0. The number of nitrogens with two attached hydrogens (primary N) is 1. The number of hydrogen-bond donors (Lipinski definition) is 3. The van der Waals surface area contributed by atoms with Crippen LogP contribution in [0.2, 0.25) is 10.0 Å². The molecule has 3 rings (SSSR count). The predicted octanol–water partition coefficient (Wildman–Crippen LogP) is 4.00. The lowest BCUT2D eigenvalue weighted by atomic mass is 10.1. The summed E-state index contributed by atoms with van der Waals surface area (Å²) in [6.45, 7) is 1.75. The minimum atomic E-state index is -0.328. The number of nitrogens with zero attached hydrogens (tertiary/aromatic N) is 4. The number of nitrogens with one attached hydrogen (secondary N) is 2. The Morgan fingerprint density at radius 3 is 2.67 bits per heavy atom. The van der Waals surface area contributed by atoms with Crippen molar-refractivity contribution in [3.8, 4) is 0 Å². The summed E-state index contributed by atoms with van der Waals surface area (Å²) in [6, 6.07) is 10.7. The van der Waals surface area contributed by atoms with Crippen molar-refractivity contribution in [1.82, 2.24) is 14.9 Å². The van der Waals surface area contributed by atoms with E-state index in [0.717, 1.165) is 17.3 Å². The number of thioether (sulfide) groups is 1. The highest BCUT2D eigenvalue weighted by molar-refractivity contribution is 7.99. The van der Waals surface area contributed by atoms with Crippen molar-refractivity contribution in [2.75, 3.05) is 22.3 Å². The van der Waals surface area contributed by atoms with Gasteiger partial charge in [0.25, 0.3) is 5.95 Å². The summed E-state index contributed by atoms with van der Waals surface area (Å²) in [5, 5.41) is 15.8.